The molecule has 0 unspecified atom stereocenters. The van der Waals surface area contributed by atoms with Crippen LogP contribution in [0.25, 0.3) is 5.69 Å². The Morgan fingerprint density at radius 3 is 2.43 bits per heavy atom. The molecular formula is C26H24ClN3O5. The van der Waals surface area contributed by atoms with Gasteiger partial charge in [0.2, 0.25) is 0 Å². The summed E-state index contributed by atoms with van der Waals surface area (Å²) >= 11 is 6.01. The van der Waals surface area contributed by atoms with Crippen LogP contribution in [0.1, 0.15) is 34.2 Å². The maximum Gasteiger partial charge on any atom is 0.325 e. The highest BCUT2D eigenvalue weighted by Crippen LogP contribution is 2.37. The zero-order valence-corrected chi connectivity index (χ0v) is 20.3. The summed E-state index contributed by atoms with van der Waals surface area (Å²) in [5.41, 5.74) is 2.11. The van der Waals surface area contributed by atoms with E-state index < -0.39 is 17.5 Å². The third-order valence-corrected chi connectivity index (χ3v) is 6.76. The number of aryl methyl sites for hydroxylation is 1. The van der Waals surface area contributed by atoms with E-state index in [9.17, 15) is 14.4 Å². The first kappa shape index (κ1) is 23.0. The first-order valence-corrected chi connectivity index (χ1v) is 11.6. The predicted molar refractivity (Wildman–Crippen MR) is 130 cm³/mol. The fraction of sp³-hybridized carbons (Fsp3) is 0.269. The van der Waals surface area contributed by atoms with Crippen LogP contribution in [0.3, 0.4) is 0 Å². The van der Waals surface area contributed by atoms with Crippen LogP contribution in [0.5, 0.6) is 11.5 Å². The summed E-state index contributed by atoms with van der Waals surface area (Å²) < 4.78 is 13.1. The summed E-state index contributed by atoms with van der Waals surface area (Å²) in [5, 5.41) is 3.36. The van der Waals surface area contributed by atoms with E-state index in [4.69, 9.17) is 21.1 Å². The average Bonchev–Trinajstić information content (AvgIpc) is 3.26. The number of carbonyl (C=O) groups is 3. The third kappa shape index (κ3) is 3.83. The summed E-state index contributed by atoms with van der Waals surface area (Å²) in [6.07, 6.45) is 0. The Bertz CT molecular complexity index is 1360. The molecule has 3 amide bonds. The van der Waals surface area contributed by atoms with Gasteiger partial charge in [0.15, 0.2) is 17.3 Å². The molecule has 2 aliphatic rings. The van der Waals surface area contributed by atoms with Crippen molar-refractivity contribution in [3.8, 4) is 17.2 Å². The lowest BCUT2D eigenvalue weighted by atomic mass is 9.91. The average molecular weight is 494 g/mol. The quantitative estimate of drug-likeness (QED) is 0.425. The van der Waals surface area contributed by atoms with Gasteiger partial charge in [-0.2, -0.15) is 0 Å². The molecule has 8 nitrogen and oxygen atoms in total. The number of amides is 3. The Labute approximate surface area is 207 Å². The minimum atomic E-state index is -1.33. The molecule has 1 N–H and O–H groups in total. The Balaban J connectivity index is 1.40. The molecule has 1 atom stereocenters. The van der Waals surface area contributed by atoms with Gasteiger partial charge < -0.3 is 19.4 Å². The van der Waals surface area contributed by atoms with Crippen molar-refractivity contribution in [2.45, 2.75) is 26.3 Å². The van der Waals surface area contributed by atoms with Crippen molar-refractivity contribution in [2.75, 3.05) is 19.8 Å². The van der Waals surface area contributed by atoms with Gasteiger partial charge in [-0.15, -0.1) is 0 Å². The van der Waals surface area contributed by atoms with Crippen molar-refractivity contribution in [3.05, 3.63) is 76.1 Å². The monoisotopic (exact) mass is 493 g/mol. The SMILES string of the molecule is Cc1cc(C(=O)CN2C(=O)N[C@@](C)(c3ccc4c(c3)OCCO4)C2=O)c(C)n1-c1ccc(Cl)cc1. The highest BCUT2D eigenvalue weighted by Gasteiger charge is 2.50. The molecule has 3 aromatic rings. The molecule has 1 saturated heterocycles. The number of urea groups is 1. The standard InChI is InChI=1S/C26H24ClN3O5/c1-15-12-20(16(2)30(15)19-7-5-18(27)6-8-19)21(31)14-29-24(32)26(3,28-25(29)33)17-4-9-22-23(13-17)35-11-10-34-22/h4-9,12-13H,10-11,14H2,1-3H3,(H,28,33)/t26-/m0/s1. The predicted octanol–water partition coefficient (Wildman–Crippen LogP) is 4.17. The van der Waals surface area contributed by atoms with Crippen molar-refractivity contribution < 1.29 is 23.9 Å². The molecule has 2 aliphatic heterocycles. The van der Waals surface area contributed by atoms with E-state index in [2.05, 4.69) is 5.32 Å². The zero-order chi connectivity index (χ0) is 24.9. The number of aromatic nitrogens is 1. The smallest absolute Gasteiger partial charge is 0.325 e. The second-order valence-corrected chi connectivity index (χ2v) is 9.26. The number of rotatable bonds is 5. The van der Waals surface area contributed by atoms with Gasteiger partial charge in [0.25, 0.3) is 5.91 Å². The van der Waals surface area contributed by atoms with E-state index in [0.29, 0.717) is 40.9 Å². The molecule has 180 valence electrons. The molecule has 0 radical (unpaired) electrons. The molecule has 1 fully saturated rings. The van der Waals surface area contributed by atoms with Crippen LogP contribution in [-0.4, -0.2) is 46.9 Å². The second kappa shape index (κ2) is 8.46. The van der Waals surface area contributed by atoms with Crippen LogP contribution < -0.4 is 14.8 Å². The number of nitrogens with one attached hydrogen (secondary N) is 1. The van der Waals surface area contributed by atoms with Gasteiger partial charge >= 0.3 is 6.03 Å². The van der Waals surface area contributed by atoms with E-state index in [0.717, 1.165) is 22.0 Å². The molecule has 3 heterocycles. The number of hydrogen-bond donors (Lipinski definition) is 1. The molecule has 9 heteroatoms. The maximum atomic E-state index is 13.4. The Morgan fingerprint density at radius 2 is 1.71 bits per heavy atom. The van der Waals surface area contributed by atoms with Crippen LogP contribution in [0.15, 0.2) is 48.5 Å². The van der Waals surface area contributed by atoms with E-state index in [1.54, 1.807) is 43.3 Å². The van der Waals surface area contributed by atoms with Crippen molar-refractivity contribution in [1.82, 2.24) is 14.8 Å². The molecule has 35 heavy (non-hydrogen) atoms. The zero-order valence-electron chi connectivity index (χ0n) is 19.6. The first-order chi connectivity index (χ1) is 16.7. The number of ether oxygens (including phenoxy) is 2. The Kier molecular flexibility index (Phi) is 5.56. The number of carbonyl (C=O) groups excluding carboxylic acids is 3. The lowest BCUT2D eigenvalue weighted by molar-refractivity contribution is -0.130. The van der Waals surface area contributed by atoms with Crippen molar-refractivity contribution in [1.29, 1.82) is 0 Å². The number of halogens is 1. The lowest BCUT2D eigenvalue weighted by Crippen LogP contribution is -2.41. The number of Topliss-reactive ketones (excluding diaryl/α,β-unsaturated/α-hetero) is 1. The topological polar surface area (TPSA) is 89.9 Å². The van der Waals surface area contributed by atoms with E-state index in [-0.39, 0.29) is 12.3 Å². The normalized spacial score (nSPS) is 19.1. The molecule has 0 aliphatic carbocycles. The number of imide groups is 1. The summed E-state index contributed by atoms with van der Waals surface area (Å²) in [4.78, 5) is 40.4. The Hall–Kier alpha value is -3.78. The van der Waals surface area contributed by atoms with Crippen LogP contribution in [-0.2, 0) is 10.3 Å². The van der Waals surface area contributed by atoms with Gasteiger partial charge in [0.05, 0.1) is 6.54 Å². The molecule has 5 rings (SSSR count). The van der Waals surface area contributed by atoms with Gasteiger partial charge in [0, 0.05) is 27.7 Å². The minimum absolute atomic E-state index is 0.326. The number of ketones is 1. The van der Waals surface area contributed by atoms with E-state index >= 15 is 0 Å². The van der Waals surface area contributed by atoms with Crippen LogP contribution in [0.4, 0.5) is 4.79 Å². The number of benzene rings is 2. The summed E-state index contributed by atoms with van der Waals surface area (Å²) in [6.45, 7) is 5.84. The maximum absolute atomic E-state index is 13.4. The largest absolute Gasteiger partial charge is 0.486 e. The van der Waals surface area contributed by atoms with Crippen molar-refractivity contribution >= 4 is 29.3 Å². The summed E-state index contributed by atoms with van der Waals surface area (Å²) in [6, 6.07) is 13.6. The molecule has 0 bridgehead atoms. The van der Waals surface area contributed by atoms with E-state index in [1.165, 1.54) is 0 Å². The highest BCUT2D eigenvalue weighted by atomic mass is 35.5. The third-order valence-electron chi connectivity index (χ3n) is 6.51. The van der Waals surface area contributed by atoms with Gasteiger partial charge in [-0.05, 0) is 68.8 Å². The van der Waals surface area contributed by atoms with Crippen LogP contribution in [0.2, 0.25) is 5.02 Å². The molecule has 0 saturated carbocycles. The fourth-order valence-corrected chi connectivity index (χ4v) is 4.78. The lowest BCUT2D eigenvalue weighted by Gasteiger charge is -2.25. The van der Waals surface area contributed by atoms with E-state index in [1.807, 2.05) is 30.5 Å². The molecule has 2 aromatic carbocycles. The summed E-state index contributed by atoms with van der Waals surface area (Å²) in [5.74, 6) is 0.275. The van der Waals surface area contributed by atoms with Gasteiger partial charge in [-0.25, -0.2) is 4.79 Å². The van der Waals surface area contributed by atoms with Crippen molar-refractivity contribution in [2.24, 2.45) is 0 Å². The molecule has 0 spiro atoms. The highest BCUT2D eigenvalue weighted by molar-refractivity contribution is 6.30. The number of nitrogens with zero attached hydrogens (tertiary/aromatic N) is 2. The van der Waals surface area contributed by atoms with Gasteiger partial charge in [0.1, 0.15) is 18.8 Å². The summed E-state index contributed by atoms with van der Waals surface area (Å²) in [7, 11) is 0. The fourth-order valence-electron chi connectivity index (χ4n) is 4.65. The van der Waals surface area contributed by atoms with Crippen LogP contribution >= 0.6 is 11.6 Å². The first-order valence-electron chi connectivity index (χ1n) is 11.2. The number of hydrogen-bond acceptors (Lipinski definition) is 5. The Morgan fingerprint density at radius 1 is 1.03 bits per heavy atom. The van der Waals surface area contributed by atoms with Gasteiger partial charge in [-0.3, -0.25) is 14.5 Å². The minimum Gasteiger partial charge on any atom is -0.486 e. The van der Waals surface area contributed by atoms with Gasteiger partial charge in [-0.1, -0.05) is 17.7 Å². The second-order valence-electron chi connectivity index (χ2n) is 8.82. The van der Waals surface area contributed by atoms with Crippen LogP contribution in [0, 0.1) is 13.8 Å². The molecular weight excluding hydrogens is 470 g/mol. The molecule has 1 aromatic heterocycles. The van der Waals surface area contributed by atoms with Crippen molar-refractivity contribution in [3.63, 3.8) is 0 Å². The number of fused-ring (bicyclic) bond motifs is 1.